The maximum absolute atomic E-state index is 12.6. The number of anilines is 2. The Morgan fingerprint density at radius 3 is 2.55 bits per heavy atom. The number of aromatic nitrogens is 5. The van der Waals surface area contributed by atoms with Gasteiger partial charge in [0.05, 0.1) is 11.4 Å². The molecule has 3 heterocycles. The van der Waals surface area contributed by atoms with Crippen molar-refractivity contribution >= 4 is 22.7 Å². The van der Waals surface area contributed by atoms with E-state index in [0.29, 0.717) is 11.6 Å². The van der Waals surface area contributed by atoms with Gasteiger partial charge in [0.25, 0.3) is 5.56 Å². The second-order valence-electron chi connectivity index (χ2n) is 7.47. The average Bonchev–Trinajstić information content (AvgIpc) is 3.43. The number of hydrogen-bond donors (Lipinski definition) is 1. The number of rotatable bonds is 4. The van der Waals surface area contributed by atoms with E-state index in [0.717, 1.165) is 48.1 Å². The summed E-state index contributed by atoms with van der Waals surface area (Å²) < 4.78 is 3.67. The lowest BCUT2D eigenvalue weighted by atomic mass is 10.2. The Kier molecular flexibility index (Phi) is 4.35. The molecule has 0 aliphatic heterocycles. The lowest BCUT2D eigenvalue weighted by Crippen LogP contribution is -2.24. The first-order chi connectivity index (χ1) is 14.2. The highest BCUT2D eigenvalue weighted by Crippen LogP contribution is 2.31. The van der Waals surface area contributed by atoms with Crippen LogP contribution in [-0.2, 0) is 0 Å². The summed E-state index contributed by atoms with van der Waals surface area (Å²) in [5.41, 5.74) is 3.44. The molecule has 5 rings (SSSR count). The number of nitrogens with zero attached hydrogens (tertiary/aromatic N) is 5. The van der Waals surface area contributed by atoms with E-state index in [-0.39, 0.29) is 11.6 Å². The summed E-state index contributed by atoms with van der Waals surface area (Å²) in [6.07, 6.45) is 8.03. The van der Waals surface area contributed by atoms with Crippen molar-refractivity contribution in [1.82, 2.24) is 24.3 Å². The molecule has 1 N–H and O–H groups in total. The molecule has 146 valence electrons. The summed E-state index contributed by atoms with van der Waals surface area (Å²) >= 11 is 0. The Bertz CT molecular complexity index is 1200. The van der Waals surface area contributed by atoms with Gasteiger partial charge in [-0.3, -0.25) is 9.36 Å². The number of pyridine rings is 1. The first-order valence-electron chi connectivity index (χ1n) is 9.96. The quantitative estimate of drug-likeness (QED) is 0.570. The number of nitrogens with one attached hydrogen (secondary N) is 1. The van der Waals surface area contributed by atoms with Crippen LogP contribution in [0.15, 0.2) is 59.7 Å². The molecular weight excluding hydrogens is 364 g/mol. The number of fused-ring (bicyclic) bond motifs is 1. The zero-order valence-corrected chi connectivity index (χ0v) is 16.2. The van der Waals surface area contributed by atoms with Crippen LogP contribution < -0.4 is 10.9 Å². The number of aryl methyl sites for hydroxylation is 1. The van der Waals surface area contributed by atoms with Crippen LogP contribution in [0.3, 0.4) is 0 Å². The van der Waals surface area contributed by atoms with Gasteiger partial charge in [0.15, 0.2) is 0 Å². The van der Waals surface area contributed by atoms with Gasteiger partial charge in [-0.25, -0.2) is 9.67 Å². The van der Waals surface area contributed by atoms with Gasteiger partial charge in [-0.1, -0.05) is 12.8 Å². The first-order valence-corrected chi connectivity index (χ1v) is 9.96. The summed E-state index contributed by atoms with van der Waals surface area (Å²) in [6.45, 7) is 1.96. The third-order valence-electron chi connectivity index (χ3n) is 5.56. The highest BCUT2D eigenvalue weighted by atomic mass is 16.1. The van der Waals surface area contributed by atoms with E-state index in [9.17, 15) is 4.79 Å². The standard InChI is InChI=1S/C22H22N6O/c1-15-19-11-12-20(29)28(18-5-2-3-6-18)21(19)26-22(24-15)25-16-7-9-17(10-8-16)27-14-4-13-23-27/h4,7-14,18H,2-3,5-6H2,1H3,(H,24,25,26). The molecule has 1 aromatic carbocycles. The predicted octanol–water partition coefficient (Wildman–Crippen LogP) is 4.14. The SMILES string of the molecule is Cc1nc(Nc2ccc(-n3cccn3)cc2)nc2c1ccc(=O)n2C1CCCC1. The van der Waals surface area contributed by atoms with Crippen LogP contribution in [0, 0.1) is 6.92 Å². The molecule has 29 heavy (non-hydrogen) atoms. The minimum Gasteiger partial charge on any atom is -0.324 e. The molecule has 0 unspecified atom stereocenters. The second-order valence-corrected chi connectivity index (χ2v) is 7.47. The summed E-state index contributed by atoms with van der Waals surface area (Å²) in [4.78, 5) is 22.0. The fourth-order valence-corrected chi connectivity index (χ4v) is 4.10. The van der Waals surface area contributed by atoms with Gasteiger partial charge in [-0.05, 0) is 56.2 Å². The summed E-state index contributed by atoms with van der Waals surface area (Å²) in [7, 11) is 0. The zero-order valence-electron chi connectivity index (χ0n) is 16.2. The molecule has 3 aromatic heterocycles. The molecule has 1 saturated carbocycles. The molecule has 0 atom stereocenters. The smallest absolute Gasteiger partial charge is 0.252 e. The van der Waals surface area contributed by atoms with Crippen LogP contribution in [0.1, 0.15) is 37.4 Å². The topological polar surface area (TPSA) is 77.6 Å². The van der Waals surface area contributed by atoms with Gasteiger partial charge in [0.1, 0.15) is 5.65 Å². The molecular formula is C22H22N6O. The van der Waals surface area contributed by atoms with E-state index < -0.39 is 0 Å². The summed E-state index contributed by atoms with van der Waals surface area (Å²) in [5, 5.41) is 8.45. The van der Waals surface area contributed by atoms with Crippen molar-refractivity contribution in [2.75, 3.05) is 5.32 Å². The molecule has 0 radical (unpaired) electrons. The Hall–Kier alpha value is -3.48. The van der Waals surface area contributed by atoms with Gasteiger partial charge < -0.3 is 5.32 Å². The molecule has 7 heteroatoms. The highest BCUT2D eigenvalue weighted by molar-refractivity contribution is 5.79. The Balaban J connectivity index is 1.52. The lowest BCUT2D eigenvalue weighted by Gasteiger charge is -2.17. The molecule has 0 amide bonds. The lowest BCUT2D eigenvalue weighted by molar-refractivity contribution is 0.516. The van der Waals surface area contributed by atoms with Gasteiger partial charge in [0, 0.05) is 35.6 Å². The molecule has 0 bridgehead atoms. The fourth-order valence-electron chi connectivity index (χ4n) is 4.10. The third-order valence-corrected chi connectivity index (χ3v) is 5.56. The number of hydrogen-bond acceptors (Lipinski definition) is 5. The normalized spacial score (nSPS) is 14.5. The van der Waals surface area contributed by atoms with Crippen molar-refractivity contribution in [3.63, 3.8) is 0 Å². The van der Waals surface area contributed by atoms with Gasteiger partial charge in [-0.15, -0.1) is 0 Å². The van der Waals surface area contributed by atoms with Crippen LogP contribution in [0.4, 0.5) is 11.6 Å². The van der Waals surface area contributed by atoms with Crippen LogP contribution >= 0.6 is 0 Å². The summed E-state index contributed by atoms with van der Waals surface area (Å²) in [5.74, 6) is 0.499. The van der Waals surface area contributed by atoms with E-state index in [1.165, 1.54) is 0 Å². The molecule has 4 aromatic rings. The van der Waals surface area contributed by atoms with Crippen LogP contribution in [-0.4, -0.2) is 24.3 Å². The Morgan fingerprint density at radius 1 is 1.03 bits per heavy atom. The molecule has 1 aliphatic carbocycles. The second kappa shape index (κ2) is 7.16. The molecule has 0 saturated heterocycles. The minimum atomic E-state index is 0.0111. The third kappa shape index (κ3) is 3.29. The van der Waals surface area contributed by atoms with E-state index >= 15 is 0 Å². The predicted molar refractivity (Wildman–Crippen MR) is 113 cm³/mol. The minimum absolute atomic E-state index is 0.0111. The van der Waals surface area contributed by atoms with E-state index in [1.54, 1.807) is 16.9 Å². The van der Waals surface area contributed by atoms with E-state index in [4.69, 9.17) is 4.98 Å². The monoisotopic (exact) mass is 386 g/mol. The van der Waals surface area contributed by atoms with E-state index in [2.05, 4.69) is 15.4 Å². The van der Waals surface area contributed by atoms with Crippen molar-refractivity contribution in [2.45, 2.75) is 38.6 Å². The maximum Gasteiger partial charge on any atom is 0.252 e. The van der Waals surface area contributed by atoms with Crippen LogP contribution in [0.25, 0.3) is 16.7 Å². The van der Waals surface area contributed by atoms with Gasteiger partial charge >= 0.3 is 0 Å². The molecule has 7 nitrogen and oxygen atoms in total. The zero-order chi connectivity index (χ0) is 19.8. The highest BCUT2D eigenvalue weighted by Gasteiger charge is 2.21. The Morgan fingerprint density at radius 2 is 1.83 bits per heavy atom. The van der Waals surface area contributed by atoms with Crippen molar-refractivity contribution in [2.24, 2.45) is 0 Å². The Labute approximate surface area is 168 Å². The first kappa shape index (κ1) is 17.6. The molecule has 1 fully saturated rings. The van der Waals surface area contributed by atoms with Gasteiger partial charge in [-0.2, -0.15) is 10.1 Å². The van der Waals surface area contributed by atoms with Crippen molar-refractivity contribution in [3.05, 3.63) is 70.9 Å². The van der Waals surface area contributed by atoms with E-state index in [1.807, 2.05) is 54.1 Å². The summed E-state index contributed by atoms with van der Waals surface area (Å²) in [6, 6.07) is 13.5. The fraction of sp³-hybridized carbons (Fsp3) is 0.273. The van der Waals surface area contributed by atoms with Gasteiger partial charge in [0.2, 0.25) is 5.95 Å². The van der Waals surface area contributed by atoms with Crippen molar-refractivity contribution in [3.8, 4) is 5.69 Å². The largest absolute Gasteiger partial charge is 0.324 e. The van der Waals surface area contributed by atoms with Crippen LogP contribution in [0.2, 0.25) is 0 Å². The maximum atomic E-state index is 12.6. The molecule has 0 spiro atoms. The average molecular weight is 386 g/mol. The van der Waals surface area contributed by atoms with Crippen LogP contribution in [0.5, 0.6) is 0 Å². The van der Waals surface area contributed by atoms with Crippen molar-refractivity contribution in [1.29, 1.82) is 0 Å². The number of benzene rings is 1. The van der Waals surface area contributed by atoms with Crippen molar-refractivity contribution < 1.29 is 0 Å². The molecule has 1 aliphatic rings.